The first-order chi connectivity index (χ1) is 13.1. The van der Waals surface area contributed by atoms with Crippen LogP contribution in [0, 0.1) is 5.82 Å². The summed E-state index contributed by atoms with van der Waals surface area (Å²) in [4.78, 5) is 14.9. The normalized spacial score (nSPS) is 10.7. The molecule has 0 unspecified atom stereocenters. The first-order valence-electron chi connectivity index (χ1n) is 8.76. The fraction of sp³-hybridized carbons (Fsp3) is 0.300. The molecule has 0 saturated carbocycles. The Balaban J connectivity index is 0.00000392. The van der Waals surface area contributed by atoms with E-state index in [4.69, 9.17) is 10.5 Å². The second kappa shape index (κ2) is 12.9. The molecule has 0 atom stereocenters. The lowest BCUT2D eigenvalue weighted by Crippen LogP contribution is -2.39. The number of ether oxygens (including phenoxy) is 1. The van der Waals surface area contributed by atoms with Crippen molar-refractivity contribution in [3.05, 3.63) is 65.5 Å². The van der Waals surface area contributed by atoms with Gasteiger partial charge in [-0.05, 0) is 42.2 Å². The standard InChI is InChI=1S/C20H25FN4O2.HI/c1-23-20(25-13-11-16-4-2-3-5-18(16)21)24-12-10-15-6-8-17(9-7-15)27-14-19(22)26;/h2-9H,10-14H2,1H3,(H2,22,26)(H2,23,24,25);1H. The number of rotatable bonds is 9. The molecule has 6 nitrogen and oxygen atoms in total. The summed E-state index contributed by atoms with van der Waals surface area (Å²) in [6.07, 6.45) is 1.38. The number of carbonyl (C=O) groups excluding carboxylic acids is 1. The summed E-state index contributed by atoms with van der Waals surface area (Å²) in [7, 11) is 1.70. The van der Waals surface area contributed by atoms with Gasteiger partial charge >= 0.3 is 0 Å². The zero-order chi connectivity index (χ0) is 19.5. The van der Waals surface area contributed by atoms with Crippen LogP contribution in [0.15, 0.2) is 53.5 Å². The molecule has 0 aliphatic heterocycles. The number of hydrogen-bond donors (Lipinski definition) is 3. The van der Waals surface area contributed by atoms with Gasteiger partial charge in [0, 0.05) is 20.1 Å². The lowest BCUT2D eigenvalue weighted by Gasteiger charge is -2.12. The van der Waals surface area contributed by atoms with Crippen molar-refractivity contribution < 1.29 is 13.9 Å². The van der Waals surface area contributed by atoms with E-state index in [-0.39, 0.29) is 36.4 Å². The SMILES string of the molecule is CN=C(NCCc1ccc(OCC(N)=O)cc1)NCCc1ccccc1F.I. The van der Waals surface area contributed by atoms with E-state index in [0.717, 1.165) is 12.0 Å². The smallest absolute Gasteiger partial charge is 0.255 e. The molecular weight excluding hydrogens is 474 g/mol. The van der Waals surface area contributed by atoms with Crippen molar-refractivity contribution in [1.29, 1.82) is 0 Å². The van der Waals surface area contributed by atoms with Crippen molar-refractivity contribution in [2.45, 2.75) is 12.8 Å². The predicted octanol–water partition coefficient (Wildman–Crippen LogP) is 2.26. The van der Waals surface area contributed by atoms with Crippen LogP contribution in [0.2, 0.25) is 0 Å². The average Bonchev–Trinajstić information content (AvgIpc) is 2.67. The largest absolute Gasteiger partial charge is 0.484 e. The van der Waals surface area contributed by atoms with Gasteiger partial charge in [0.2, 0.25) is 0 Å². The van der Waals surface area contributed by atoms with Gasteiger partial charge in [-0.15, -0.1) is 24.0 Å². The summed E-state index contributed by atoms with van der Waals surface area (Å²) in [6.45, 7) is 1.16. The summed E-state index contributed by atoms with van der Waals surface area (Å²) in [5, 5.41) is 6.40. The van der Waals surface area contributed by atoms with E-state index in [2.05, 4.69) is 15.6 Å². The van der Waals surface area contributed by atoms with Crippen LogP contribution in [0.25, 0.3) is 0 Å². The quantitative estimate of drug-likeness (QED) is 0.280. The molecule has 1 amide bonds. The van der Waals surface area contributed by atoms with Crippen molar-refractivity contribution in [3.8, 4) is 5.75 Å². The number of nitrogens with zero attached hydrogens (tertiary/aromatic N) is 1. The van der Waals surface area contributed by atoms with E-state index in [9.17, 15) is 9.18 Å². The van der Waals surface area contributed by atoms with Crippen LogP contribution in [0.1, 0.15) is 11.1 Å². The molecule has 0 fully saturated rings. The van der Waals surface area contributed by atoms with Crippen molar-refractivity contribution >= 4 is 35.8 Å². The molecule has 152 valence electrons. The lowest BCUT2D eigenvalue weighted by molar-refractivity contribution is -0.119. The number of hydrogen-bond acceptors (Lipinski definition) is 3. The Morgan fingerprint density at radius 3 is 2.32 bits per heavy atom. The summed E-state index contributed by atoms with van der Waals surface area (Å²) >= 11 is 0. The van der Waals surface area contributed by atoms with Gasteiger partial charge in [-0.1, -0.05) is 30.3 Å². The van der Waals surface area contributed by atoms with Crippen molar-refractivity contribution in [2.75, 3.05) is 26.7 Å². The number of primary amides is 1. The number of nitrogens with one attached hydrogen (secondary N) is 2. The van der Waals surface area contributed by atoms with Crippen LogP contribution >= 0.6 is 24.0 Å². The second-order valence-electron chi connectivity index (χ2n) is 5.92. The number of amides is 1. The first-order valence-corrected chi connectivity index (χ1v) is 8.76. The van der Waals surface area contributed by atoms with E-state index in [1.54, 1.807) is 31.3 Å². The van der Waals surface area contributed by atoms with Crippen LogP contribution in [0.3, 0.4) is 0 Å². The Bertz CT molecular complexity index is 769. The fourth-order valence-corrected chi connectivity index (χ4v) is 2.47. The van der Waals surface area contributed by atoms with Crippen LogP contribution in [0.4, 0.5) is 4.39 Å². The molecule has 0 aromatic heterocycles. The van der Waals surface area contributed by atoms with Crippen LogP contribution in [0.5, 0.6) is 5.75 Å². The molecule has 2 aromatic carbocycles. The summed E-state index contributed by atoms with van der Waals surface area (Å²) < 4.78 is 18.8. The highest BCUT2D eigenvalue weighted by molar-refractivity contribution is 14.0. The van der Waals surface area contributed by atoms with Gasteiger partial charge in [0.05, 0.1) is 0 Å². The predicted molar refractivity (Wildman–Crippen MR) is 120 cm³/mol. The maximum Gasteiger partial charge on any atom is 0.255 e. The Morgan fingerprint density at radius 1 is 1.07 bits per heavy atom. The molecule has 0 aliphatic rings. The molecular formula is C20H26FIN4O2. The molecule has 8 heteroatoms. The number of carbonyl (C=O) groups is 1. The van der Waals surface area contributed by atoms with Gasteiger partial charge in [-0.3, -0.25) is 9.79 Å². The van der Waals surface area contributed by atoms with E-state index in [0.29, 0.717) is 36.8 Å². The van der Waals surface area contributed by atoms with Gasteiger partial charge in [0.1, 0.15) is 11.6 Å². The minimum Gasteiger partial charge on any atom is -0.484 e. The van der Waals surface area contributed by atoms with Gasteiger partial charge in [0.15, 0.2) is 12.6 Å². The molecule has 28 heavy (non-hydrogen) atoms. The molecule has 0 aliphatic carbocycles. The molecule has 0 bridgehead atoms. The lowest BCUT2D eigenvalue weighted by atomic mass is 10.1. The third-order valence-corrected chi connectivity index (χ3v) is 3.88. The maximum absolute atomic E-state index is 13.6. The molecule has 0 heterocycles. The Morgan fingerprint density at radius 2 is 1.71 bits per heavy atom. The van der Waals surface area contributed by atoms with E-state index >= 15 is 0 Å². The summed E-state index contributed by atoms with van der Waals surface area (Å²) in [5.74, 6) is 0.589. The first kappa shape index (κ1) is 23.7. The van der Waals surface area contributed by atoms with E-state index in [1.807, 2.05) is 18.2 Å². The van der Waals surface area contributed by atoms with Gasteiger partial charge in [-0.25, -0.2) is 4.39 Å². The van der Waals surface area contributed by atoms with Gasteiger partial charge in [-0.2, -0.15) is 0 Å². The highest BCUT2D eigenvalue weighted by Gasteiger charge is 2.02. The molecule has 0 saturated heterocycles. The van der Waals surface area contributed by atoms with Crippen LogP contribution < -0.4 is 21.1 Å². The fourth-order valence-electron chi connectivity index (χ4n) is 2.47. The zero-order valence-corrected chi connectivity index (χ0v) is 18.1. The van der Waals surface area contributed by atoms with E-state index in [1.165, 1.54) is 6.07 Å². The minimum absolute atomic E-state index is 0. The third-order valence-electron chi connectivity index (χ3n) is 3.88. The van der Waals surface area contributed by atoms with Crippen LogP contribution in [-0.2, 0) is 17.6 Å². The van der Waals surface area contributed by atoms with Crippen molar-refractivity contribution in [1.82, 2.24) is 10.6 Å². The van der Waals surface area contributed by atoms with Crippen LogP contribution in [-0.4, -0.2) is 38.6 Å². The van der Waals surface area contributed by atoms with Crippen molar-refractivity contribution in [3.63, 3.8) is 0 Å². The average molecular weight is 500 g/mol. The third kappa shape index (κ3) is 8.55. The van der Waals surface area contributed by atoms with Gasteiger partial charge < -0.3 is 21.1 Å². The minimum atomic E-state index is -0.503. The molecule has 4 N–H and O–H groups in total. The number of benzene rings is 2. The maximum atomic E-state index is 13.6. The van der Waals surface area contributed by atoms with Gasteiger partial charge in [0.25, 0.3) is 5.91 Å². The molecule has 0 radical (unpaired) electrons. The summed E-state index contributed by atoms with van der Waals surface area (Å²) in [6, 6.07) is 14.2. The Labute approximate surface area is 181 Å². The number of guanidine groups is 1. The Kier molecular flexibility index (Phi) is 10.9. The number of nitrogens with two attached hydrogens (primary N) is 1. The van der Waals surface area contributed by atoms with Crippen molar-refractivity contribution in [2.24, 2.45) is 10.7 Å². The highest BCUT2D eigenvalue weighted by atomic mass is 127. The highest BCUT2D eigenvalue weighted by Crippen LogP contribution is 2.12. The molecule has 2 aromatic rings. The number of halogens is 2. The zero-order valence-electron chi connectivity index (χ0n) is 15.8. The number of aliphatic imine (C=N–C) groups is 1. The molecule has 2 rings (SSSR count). The second-order valence-corrected chi connectivity index (χ2v) is 5.92. The Hall–Kier alpha value is -2.36. The summed E-state index contributed by atoms with van der Waals surface area (Å²) in [5.41, 5.74) is 6.85. The van der Waals surface area contributed by atoms with E-state index < -0.39 is 5.91 Å². The molecule has 0 spiro atoms. The topological polar surface area (TPSA) is 88.7 Å². The monoisotopic (exact) mass is 500 g/mol.